The van der Waals surface area contributed by atoms with Gasteiger partial charge in [0.2, 0.25) is 5.95 Å². The lowest BCUT2D eigenvalue weighted by Gasteiger charge is -2.08. The number of aryl methyl sites for hydroxylation is 1. The van der Waals surface area contributed by atoms with E-state index in [-0.39, 0.29) is 23.3 Å². The van der Waals surface area contributed by atoms with E-state index in [1.54, 1.807) is 35.6 Å². The van der Waals surface area contributed by atoms with Gasteiger partial charge in [-0.2, -0.15) is 0 Å². The molecule has 4 rings (SSSR count). The van der Waals surface area contributed by atoms with Gasteiger partial charge >= 0.3 is 6.03 Å². The molecule has 4 N–H and O–H groups in total. The minimum Gasteiger partial charge on any atom is -0.368 e. The van der Waals surface area contributed by atoms with E-state index in [4.69, 9.17) is 5.73 Å². The number of urea groups is 1. The van der Waals surface area contributed by atoms with Crippen molar-refractivity contribution in [2.75, 3.05) is 16.4 Å². The summed E-state index contributed by atoms with van der Waals surface area (Å²) in [7, 11) is 0. The molecule has 0 unspecified atom stereocenters. The van der Waals surface area contributed by atoms with Gasteiger partial charge in [0.1, 0.15) is 5.82 Å². The number of hydrogen-bond acceptors (Lipinski definition) is 7. The summed E-state index contributed by atoms with van der Waals surface area (Å²) < 4.78 is 15.3. The Balaban J connectivity index is 1.52. The van der Waals surface area contributed by atoms with Crippen molar-refractivity contribution in [3.05, 3.63) is 54.0 Å². The highest BCUT2D eigenvalue weighted by atomic mass is 19.1. The van der Waals surface area contributed by atoms with Gasteiger partial charge in [-0.05, 0) is 36.8 Å². The first kappa shape index (κ1) is 17.3. The number of amides is 2. The standard InChI is InChI=1S/C17H14FN9O/c1-9-5-6-10(18)11(7-9)21-17(28)22-13-8-20-15(25-23-13)12-3-2-4-14-24-26-16(19)27(12)14/h2-8H,1H3,(H2,19,26)(H2,21,22,23,28). The Bertz CT molecular complexity index is 1170. The second-order valence-corrected chi connectivity index (χ2v) is 5.89. The SMILES string of the molecule is Cc1ccc(F)c(NC(=O)Nc2cnc(-c3cccc4nnc(N)n34)nn2)c1. The summed E-state index contributed by atoms with van der Waals surface area (Å²) in [6, 6.07) is 8.98. The van der Waals surface area contributed by atoms with Crippen molar-refractivity contribution < 1.29 is 9.18 Å². The molecule has 0 spiro atoms. The highest BCUT2D eigenvalue weighted by molar-refractivity contribution is 5.99. The molecule has 1 aromatic carbocycles. The molecule has 0 aliphatic rings. The van der Waals surface area contributed by atoms with Gasteiger partial charge in [0, 0.05) is 0 Å². The summed E-state index contributed by atoms with van der Waals surface area (Å²) in [4.78, 5) is 16.3. The molecular formula is C17H14FN9O. The molecule has 2 amide bonds. The fraction of sp³-hybridized carbons (Fsp3) is 0.0588. The van der Waals surface area contributed by atoms with Crippen LogP contribution in [0.15, 0.2) is 42.6 Å². The predicted octanol–water partition coefficient (Wildman–Crippen LogP) is 2.26. The molecule has 0 aliphatic carbocycles. The summed E-state index contributed by atoms with van der Waals surface area (Å²) >= 11 is 0. The molecule has 0 fully saturated rings. The summed E-state index contributed by atoms with van der Waals surface area (Å²) in [5.74, 6) is 0.0156. The van der Waals surface area contributed by atoms with E-state index in [1.165, 1.54) is 18.3 Å². The van der Waals surface area contributed by atoms with Crippen LogP contribution in [0.3, 0.4) is 0 Å². The lowest BCUT2D eigenvalue weighted by Crippen LogP contribution is -2.21. The fourth-order valence-corrected chi connectivity index (χ4v) is 2.59. The Hall–Kier alpha value is -4.15. The predicted molar refractivity (Wildman–Crippen MR) is 100.0 cm³/mol. The van der Waals surface area contributed by atoms with Crippen LogP contribution in [0.1, 0.15) is 5.56 Å². The van der Waals surface area contributed by atoms with Gasteiger partial charge in [-0.1, -0.05) is 12.1 Å². The van der Waals surface area contributed by atoms with E-state index in [1.807, 2.05) is 0 Å². The molecule has 28 heavy (non-hydrogen) atoms. The molecular weight excluding hydrogens is 365 g/mol. The lowest BCUT2D eigenvalue weighted by atomic mass is 10.2. The number of nitrogen functional groups attached to an aromatic ring is 1. The highest BCUT2D eigenvalue weighted by Crippen LogP contribution is 2.19. The van der Waals surface area contributed by atoms with Crippen LogP contribution in [0.4, 0.5) is 26.6 Å². The number of nitrogens with one attached hydrogen (secondary N) is 2. The maximum Gasteiger partial charge on any atom is 0.325 e. The molecule has 4 aromatic rings. The Morgan fingerprint density at radius 3 is 2.75 bits per heavy atom. The van der Waals surface area contributed by atoms with Crippen LogP contribution in [0, 0.1) is 12.7 Å². The van der Waals surface area contributed by atoms with Gasteiger partial charge in [-0.15, -0.1) is 20.4 Å². The largest absolute Gasteiger partial charge is 0.368 e. The van der Waals surface area contributed by atoms with Crippen LogP contribution in [-0.4, -0.2) is 35.8 Å². The molecule has 0 saturated heterocycles. The first-order valence-electron chi connectivity index (χ1n) is 8.15. The second-order valence-electron chi connectivity index (χ2n) is 5.89. The van der Waals surface area contributed by atoms with Crippen molar-refractivity contribution in [3.8, 4) is 11.5 Å². The third kappa shape index (κ3) is 3.28. The average molecular weight is 379 g/mol. The van der Waals surface area contributed by atoms with Crippen molar-refractivity contribution in [2.24, 2.45) is 0 Å². The van der Waals surface area contributed by atoms with Gasteiger partial charge in [-0.3, -0.25) is 9.72 Å². The summed E-state index contributed by atoms with van der Waals surface area (Å²) in [5, 5.41) is 20.5. The minimum absolute atomic E-state index is 0.0600. The van der Waals surface area contributed by atoms with E-state index in [2.05, 4.69) is 36.0 Å². The zero-order valence-corrected chi connectivity index (χ0v) is 14.6. The number of nitrogens with two attached hydrogens (primary N) is 1. The lowest BCUT2D eigenvalue weighted by molar-refractivity contribution is 0.262. The van der Waals surface area contributed by atoms with E-state index in [0.29, 0.717) is 11.3 Å². The summed E-state index contributed by atoms with van der Waals surface area (Å²) in [5.41, 5.74) is 7.78. The molecule has 0 bridgehead atoms. The number of nitrogens with zero attached hydrogens (tertiary/aromatic N) is 6. The van der Waals surface area contributed by atoms with Gasteiger partial charge in [0.25, 0.3) is 0 Å². The number of anilines is 3. The van der Waals surface area contributed by atoms with E-state index < -0.39 is 11.8 Å². The Morgan fingerprint density at radius 2 is 1.96 bits per heavy atom. The number of fused-ring (bicyclic) bond motifs is 1. The van der Waals surface area contributed by atoms with E-state index >= 15 is 0 Å². The molecule has 3 heterocycles. The van der Waals surface area contributed by atoms with Gasteiger partial charge in [-0.25, -0.2) is 14.2 Å². The molecule has 0 radical (unpaired) electrons. The van der Waals surface area contributed by atoms with Gasteiger partial charge < -0.3 is 11.1 Å². The monoisotopic (exact) mass is 379 g/mol. The smallest absolute Gasteiger partial charge is 0.325 e. The third-order valence-corrected chi connectivity index (χ3v) is 3.86. The van der Waals surface area contributed by atoms with E-state index in [9.17, 15) is 9.18 Å². The number of pyridine rings is 1. The highest BCUT2D eigenvalue weighted by Gasteiger charge is 2.13. The Labute approximate surface area is 157 Å². The van der Waals surface area contributed by atoms with Gasteiger partial charge in [0.15, 0.2) is 17.3 Å². The number of carbonyl (C=O) groups is 1. The van der Waals surface area contributed by atoms with Crippen LogP contribution < -0.4 is 16.4 Å². The number of hydrogen-bond donors (Lipinski definition) is 3. The molecule has 140 valence electrons. The molecule has 11 heteroatoms. The Kier molecular flexibility index (Phi) is 4.24. The maximum absolute atomic E-state index is 13.7. The van der Waals surface area contributed by atoms with E-state index in [0.717, 1.165) is 5.56 Å². The number of aromatic nitrogens is 6. The van der Waals surface area contributed by atoms with Gasteiger partial charge in [0.05, 0.1) is 17.6 Å². The molecule has 10 nitrogen and oxygen atoms in total. The van der Waals surface area contributed by atoms with Crippen molar-refractivity contribution in [1.29, 1.82) is 0 Å². The fourth-order valence-electron chi connectivity index (χ4n) is 2.59. The quantitative estimate of drug-likeness (QED) is 0.496. The molecule has 0 atom stereocenters. The average Bonchev–Trinajstić information content (AvgIpc) is 3.07. The number of halogens is 1. The normalized spacial score (nSPS) is 10.8. The zero-order valence-electron chi connectivity index (χ0n) is 14.6. The molecule has 0 aliphatic heterocycles. The summed E-state index contributed by atoms with van der Waals surface area (Å²) in [6.07, 6.45) is 1.33. The first-order valence-corrected chi connectivity index (χ1v) is 8.15. The summed E-state index contributed by atoms with van der Waals surface area (Å²) in [6.45, 7) is 1.79. The van der Waals surface area contributed by atoms with Crippen LogP contribution in [0.5, 0.6) is 0 Å². The van der Waals surface area contributed by atoms with Crippen molar-refractivity contribution in [2.45, 2.75) is 6.92 Å². The number of benzene rings is 1. The van der Waals surface area contributed by atoms with Crippen LogP contribution in [-0.2, 0) is 0 Å². The Morgan fingerprint density at radius 1 is 1.11 bits per heavy atom. The molecule has 3 aromatic heterocycles. The van der Waals surface area contributed by atoms with Crippen molar-refractivity contribution in [1.82, 2.24) is 29.8 Å². The third-order valence-electron chi connectivity index (χ3n) is 3.86. The zero-order chi connectivity index (χ0) is 19.7. The molecule has 0 saturated carbocycles. The van der Waals surface area contributed by atoms with Crippen LogP contribution in [0.25, 0.3) is 17.2 Å². The number of rotatable bonds is 3. The van der Waals surface area contributed by atoms with Crippen LogP contribution >= 0.6 is 0 Å². The maximum atomic E-state index is 13.7. The van der Waals surface area contributed by atoms with Crippen molar-refractivity contribution >= 4 is 29.1 Å². The topological polar surface area (TPSA) is 136 Å². The number of carbonyl (C=O) groups excluding carboxylic acids is 1. The second kappa shape index (κ2) is 6.87. The van der Waals surface area contributed by atoms with Crippen molar-refractivity contribution in [3.63, 3.8) is 0 Å². The first-order chi connectivity index (χ1) is 13.5. The van der Waals surface area contributed by atoms with Crippen LogP contribution in [0.2, 0.25) is 0 Å². The minimum atomic E-state index is -0.668.